The van der Waals surface area contributed by atoms with Gasteiger partial charge in [-0.3, -0.25) is 9.80 Å². The first-order chi connectivity index (χ1) is 19.0. The minimum absolute atomic E-state index is 0. The van der Waals surface area contributed by atoms with Gasteiger partial charge in [0.1, 0.15) is 11.6 Å². The van der Waals surface area contributed by atoms with Crippen molar-refractivity contribution in [2.75, 3.05) is 58.7 Å². The predicted molar refractivity (Wildman–Crippen MR) is 164 cm³/mol. The summed E-state index contributed by atoms with van der Waals surface area (Å²) in [7, 11) is 4.20. The van der Waals surface area contributed by atoms with Crippen molar-refractivity contribution in [3.05, 3.63) is 99.8 Å². The number of hydrogen-bond donors (Lipinski definition) is 1. The number of aromatic nitrogens is 2. The summed E-state index contributed by atoms with van der Waals surface area (Å²) in [5.41, 5.74) is 3.46. The predicted octanol–water partition coefficient (Wildman–Crippen LogP) is 6.32. The van der Waals surface area contributed by atoms with Crippen molar-refractivity contribution in [3.63, 3.8) is 0 Å². The molecule has 1 aliphatic heterocycles. The quantitative estimate of drug-likeness (QED) is 0.227. The minimum atomic E-state index is 0. The van der Waals surface area contributed by atoms with Crippen LogP contribution >= 0.6 is 23.2 Å². The molecule has 1 fully saturated rings. The smallest absolute Gasteiger partial charge is 0.145 e. The summed E-state index contributed by atoms with van der Waals surface area (Å²) in [6.45, 7) is 6.43. The Bertz CT molecular complexity index is 1310. The highest BCUT2D eigenvalue weighted by Gasteiger charge is 2.27. The maximum Gasteiger partial charge on any atom is 0.145 e. The van der Waals surface area contributed by atoms with E-state index < -0.39 is 0 Å². The molecule has 1 saturated heterocycles. The van der Waals surface area contributed by atoms with Crippen LogP contribution in [0.5, 0.6) is 0 Å². The average Bonchev–Trinajstić information content (AvgIpc) is 2.94. The number of halogens is 2. The lowest BCUT2D eigenvalue weighted by molar-refractivity contribution is 0.103. The lowest BCUT2D eigenvalue weighted by atomic mass is 9.96. The zero-order valence-corrected chi connectivity index (χ0v) is 24.2. The Balaban J connectivity index is 0.00000370. The van der Waals surface area contributed by atoms with Gasteiger partial charge in [0, 0.05) is 48.2 Å². The van der Waals surface area contributed by atoms with Crippen LogP contribution in [-0.2, 0) is 6.54 Å². The third kappa shape index (κ3) is 7.27. The van der Waals surface area contributed by atoms with Gasteiger partial charge in [0.2, 0.25) is 0 Å². The molecular weight excluding hydrogens is 527 g/mol. The molecular formula is C31H37Cl2N6-. The lowest BCUT2D eigenvalue weighted by Gasteiger charge is -2.39. The molecule has 0 bridgehead atoms. The van der Waals surface area contributed by atoms with E-state index in [0.717, 1.165) is 84.8 Å². The molecule has 0 saturated carbocycles. The van der Waals surface area contributed by atoms with Crippen LogP contribution in [0.2, 0.25) is 10.0 Å². The van der Waals surface area contributed by atoms with Crippen molar-refractivity contribution in [3.8, 4) is 0 Å². The number of nitrogens with one attached hydrogen (secondary N) is 1. The Morgan fingerprint density at radius 2 is 1.46 bits per heavy atom. The van der Waals surface area contributed by atoms with Gasteiger partial charge in [-0.1, -0.05) is 59.6 Å². The first-order valence-electron chi connectivity index (χ1n) is 13.6. The number of benzene rings is 3. The molecule has 0 unspecified atom stereocenters. The molecule has 0 aliphatic carbocycles. The van der Waals surface area contributed by atoms with Gasteiger partial charge in [-0.25, -0.2) is 9.97 Å². The van der Waals surface area contributed by atoms with Crippen molar-refractivity contribution in [2.45, 2.75) is 19.0 Å². The summed E-state index contributed by atoms with van der Waals surface area (Å²) in [6, 6.07) is 24.8. The van der Waals surface area contributed by atoms with E-state index in [2.05, 4.69) is 70.5 Å². The van der Waals surface area contributed by atoms with E-state index in [9.17, 15) is 0 Å². The van der Waals surface area contributed by atoms with E-state index in [-0.39, 0.29) is 7.47 Å². The van der Waals surface area contributed by atoms with E-state index in [1.807, 2.05) is 36.4 Å². The molecule has 1 N–H and O–H groups in total. The third-order valence-electron chi connectivity index (χ3n) is 7.23. The van der Waals surface area contributed by atoms with Crippen LogP contribution in [0.1, 0.15) is 30.8 Å². The number of anilines is 1. The van der Waals surface area contributed by atoms with E-state index in [1.54, 1.807) is 0 Å². The summed E-state index contributed by atoms with van der Waals surface area (Å²) < 4.78 is 0. The SMILES string of the molecule is CN(C)CCCNc1nc(CN2CCN(C(c3ccc(Cl)cc3)c3ccc(Cl)cc3)CC2)nc2ccccc12.[3H-]. The van der Waals surface area contributed by atoms with Gasteiger partial charge in [0.05, 0.1) is 18.1 Å². The topological polar surface area (TPSA) is 47.5 Å². The highest BCUT2D eigenvalue weighted by molar-refractivity contribution is 6.30. The van der Waals surface area contributed by atoms with Crippen LogP contribution < -0.4 is 5.32 Å². The maximum atomic E-state index is 6.20. The number of nitrogens with zero attached hydrogens (tertiary/aromatic N) is 5. The summed E-state index contributed by atoms with van der Waals surface area (Å²) in [5, 5.41) is 6.14. The molecule has 5 rings (SSSR count). The van der Waals surface area contributed by atoms with E-state index in [1.165, 1.54) is 11.1 Å². The van der Waals surface area contributed by atoms with Gasteiger partial charge in [-0.2, -0.15) is 0 Å². The van der Waals surface area contributed by atoms with Gasteiger partial charge in [0.15, 0.2) is 0 Å². The average molecular weight is 567 g/mol. The zero-order valence-electron chi connectivity index (χ0n) is 23.7. The van der Waals surface area contributed by atoms with Gasteiger partial charge in [0.25, 0.3) is 0 Å². The Morgan fingerprint density at radius 1 is 0.846 bits per heavy atom. The van der Waals surface area contributed by atoms with Crippen LogP contribution in [0.4, 0.5) is 5.82 Å². The molecule has 2 heterocycles. The Hall–Kier alpha value is -2.74. The van der Waals surface area contributed by atoms with Crippen LogP contribution in [0.25, 0.3) is 10.9 Å². The molecule has 0 spiro atoms. The molecule has 0 radical (unpaired) electrons. The fraction of sp³-hybridized carbons (Fsp3) is 0.355. The number of hydrogen-bond acceptors (Lipinski definition) is 6. The Morgan fingerprint density at radius 3 is 2.08 bits per heavy atom. The Labute approximate surface area is 243 Å². The van der Waals surface area contributed by atoms with Crippen molar-refractivity contribution < 1.29 is 1.43 Å². The molecule has 6 nitrogen and oxygen atoms in total. The molecule has 1 aromatic heterocycles. The van der Waals surface area contributed by atoms with Crippen LogP contribution in [0, 0.1) is 0 Å². The van der Waals surface area contributed by atoms with Crippen LogP contribution in [0.15, 0.2) is 72.8 Å². The lowest BCUT2D eigenvalue weighted by Crippen LogP contribution is -2.47. The molecule has 0 atom stereocenters. The third-order valence-corrected chi connectivity index (χ3v) is 7.74. The van der Waals surface area contributed by atoms with Gasteiger partial charge < -0.3 is 11.6 Å². The zero-order chi connectivity index (χ0) is 27.2. The summed E-state index contributed by atoms with van der Waals surface area (Å²) in [5.74, 6) is 1.79. The fourth-order valence-corrected chi connectivity index (χ4v) is 5.47. The summed E-state index contributed by atoms with van der Waals surface area (Å²) in [6.07, 6.45) is 1.06. The molecule has 0 amide bonds. The number of para-hydroxylation sites is 1. The first-order valence-corrected chi connectivity index (χ1v) is 14.3. The molecule has 39 heavy (non-hydrogen) atoms. The van der Waals surface area contributed by atoms with Crippen molar-refractivity contribution in [1.29, 1.82) is 0 Å². The second-order valence-electron chi connectivity index (χ2n) is 10.4. The molecule has 206 valence electrons. The fourth-order valence-electron chi connectivity index (χ4n) is 5.22. The highest BCUT2D eigenvalue weighted by Crippen LogP contribution is 2.31. The monoisotopic (exact) mass is 565 g/mol. The normalized spacial score (nSPS) is 14.9. The highest BCUT2D eigenvalue weighted by atomic mass is 35.5. The second kappa shape index (κ2) is 13.1. The summed E-state index contributed by atoms with van der Waals surface area (Å²) in [4.78, 5) is 17.1. The second-order valence-corrected chi connectivity index (χ2v) is 11.3. The maximum absolute atomic E-state index is 6.20. The summed E-state index contributed by atoms with van der Waals surface area (Å²) >= 11 is 12.4. The van der Waals surface area contributed by atoms with E-state index >= 15 is 0 Å². The van der Waals surface area contributed by atoms with E-state index in [0.29, 0.717) is 0 Å². The van der Waals surface area contributed by atoms with Gasteiger partial charge in [-0.15, -0.1) is 0 Å². The molecule has 4 aromatic rings. The largest absolute Gasteiger partial charge is 1.00 e. The number of fused-ring (bicyclic) bond motifs is 1. The van der Waals surface area contributed by atoms with Crippen molar-refractivity contribution >= 4 is 39.9 Å². The van der Waals surface area contributed by atoms with Crippen molar-refractivity contribution in [2.24, 2.45) is 0 Å². The molecule has 1 aliphatic rings. The minimum Gasteiger partial charge on any atom is -1.00 e. The van der Waals surface area contributed by atoms with E-state index in [4.69, 9.17) is 33.2 Å². The number of piperazine rings is 1. The van der Waals surface area contributed by atoms with Crippen LogP contribution in [0.3, 0.4) is 0 Å². The Kier molecular flexibility index (Phi) is 9.32. The van der Waals surface area contributed by atoms with Gasteiger partial charge in [-0.05, 0) is 74.6 Å². The number of rotatable bonds is 10. The van der Waals surface area contributed by atoms with Crippen LogP contribution in [-0.4, -0.2) is 78.0 Å². The van der Waals surface area contributed by atoms with Gasteiger partial charge >= 0.3 is 0 Å². The van der Waals surface area contributed by atoms with Crippen molar-refractivity contribution in [1.82, 2.24) is 24.7 Å². The standard InChI is InChI=1S/C31H36Cl2N6.H/c1-37(2)17-5-16-34-31-27-6-3-4-7-28(27)35-29(36-31)22-38-18-20-39(21-19-38)30(23-8-12-25(32)13-9-23)24-10-14-26(33)15-11-24;/h3-4,6-15,30H,5,16-22H2,1-2H3,(H,34,35,36);/q;-1/i;1+2. The molecule has 8 heteroatoms. The molecule has 3 aromatic carbocycles. The first kappa shape index (κ1) is 27.8.